The minimum Gasteiger partial charge on any atom is -0.345 e. The van der Waals surface area contributed by atoms with Crippen molar-refractivity contribution in [3.05, 3.63) is 58.5 Å². The average molecular weight is 307 g/mol. The number of benzene rings is 1. The van der Waals surface area contributed by atoms with Crippen LogP contribution >= 0.6 is 0 Å². The maximum Gasteiger partial charge on any atom is 0.258 e. The largest absolute Gasteiger partial charge is 0.345 e. The van der Waals surface area contributed by atoms with Gasteiger partial charge in [0.25, 0.3) is 5.56 Å². The van der Waals surface area contributed by atoms with Crippen LogP contribution in [0.2, 0.25) is 0 Å². The lowest BCUT2D eigenvalue weighted by Gasteiger charge is -2.25. The van der Waals surface area contributed by atoms with Gasteiger partial charge in [-0.25, -0.2) is 9.97 Å². The summed E-state index contributed by atoms with van der Waals surface area (Å²) in [6, 6.07) is 7.45. The Labute approximate surface area is 133 Å². The number of hydrogen-bond acceptors (Lipinski definition) is 5. The molecular weight excluding hydrogens is 290 g/mol. The third-order valence-corrected chi connectivity index (χ3v) is 4.33. The molecule has 1 atom stereocenters. The highest BCUT2D eigenvalue weighted by atomic mass is 16.1. The van der Waals surface area contributed by atoms with Gasteiger partial charge in [-0.2, -0.15) is 0 Å². The number of anilines is 1. The fourth-order valence-corrected chi connectivity index (χ4v) is 3.25. The zero-order valence-corrected chi connectivity index (χ0v) is 12.9. The molecule has 1 fully saturated rings. The monoisotopic (exact) mass is 307 g/mol. The molecule has 6 nitrogen and oxygen atoms in total. The lowest BCUT2D eigenvalue weighted by Crippen LogP contribution is -2.28. The maximum atomic E-state index is 12.3. The minimum atomic E-state index is -0.0895. The summed E-state index contributed by atoms with van der Waals surface area (Å²) in [6.45, 7) is 2.84. The van der Waals surface area contributed by atoms with Gasteiger partial charge in [-0.1, -0.05) is 12.1 Å². The summed E-state index contributed by atoms with van der Waals surface area (Å²) in [4.78, 5) is 30.9. The Bertz CT molecular complexity index is 920. The van der Waals surface area contributed by atoms with Crippen LogP contribution in [0.1, 0.15) is 30.4 Å². The number of rotatable bonds is 2. The van der Waals surface area contributed by atoms with Crippen molar-refractivity contribution >= 4 is 16.7 Å². The highest BCUT2D eigenvalue weighted by molar-refractivity contribution is 5.77. The molecule has 1 aliphatic rings. The van der Waals surface area contributed by atoms with Crippen molar-refractivity contribution in [2.45, 2.75) is 25.8 Å². The van der Waals surface area contributed by atoms with Gasteiger partial charge in [0.1, 0.15) is 5.82 Å². The van der Waals surface area contributed by atoms with Crippen LogP contribution in [0.4, 0.5) is 5.82 Å². The molecule has 3 aromatic rings. The van der Waals surface area contributed by atoms with E-state index in [1.54, 1.807) is 18.5 Å². The van der Waals surface area contributed by atoms with Gasteiger partial charge in [-0.15, -0.1) is 0 Å². The number of hydrogen-bond donors (Lipinski definition) is 1. The van der Waals surface area contributed by atoms with Gasteiger partial charge in [0.15, 0.2) is 5.82 Å². The Morgan fingerprint density at radius 3 is 2.91 bits per heavy atom. The van der Waals surface area contributed by atoms with Gasteiger partial charge in [0, 0.05) is 18.9 Å². The van der Waals surface area contributed by atoms with E-state index in [1.165, 1.54) is 0 Å². The van der Waals surface area contributed by atoms with Crippen molar-refractivity contribution in [1.29, 1.82) is 0 Å². The molecule has 0 amide bonds. The van der Waals surface area contributed by atoms with Gasteiger partial charge >= 0.3 is 0 Å². The molecule has 3 heterocycles. The predicted octanol–water partition coefficient (Wildman–Crippen LogP) is 2.36. The van der Waals surface area contributed by atoms with Crippen LogP contribution in [-0.2, 0) is 0 Å². The molecule has 1 aliphatic heterocycles. The highest BCUT2D eigenvalue weighted by Gasteiger charge is 2.30. The summed E-state index contributed by atoms with van der Waals surface area (Å²) in [6.07, 6.45) is 5.38. The predicted molar refractivity (Wildman–Crippen MR) is 88.5 cm³/mol. The van der Waals surface area contributed by atoms with E-state index < -0.39 is 0 Å². The van der Waals surface area contributed by atoms with Crippen LogP contribution < -0.4 is 10.5 Å². The molecule has 0 bridgehead atoms. The summed E-state index contributed by atoms with van der Waals surface area (Å²) in [5, 5.41) is 0.622. The van der Waals surface area contributed by atoms with Gasteiger partial charge < -0.3 is 9.88 Å². The van der Waals surface area contributed by atoms with Crippen LogP contribution in [-0.4, -0.2) is 26.5 Å². The van der Waals surface area contributed by atoms with Crippen molar-refractivity contribution < 1.29 is 0 Å². The first-order valence-electron chi connectivity index (χ1n) is 7.77. The molecule has 0 spiro atoms. The number of H-pyrrole nitrogens is 1. The van der Waals surface area contributed by atoms with E-state index in [2.05, 4.69) is 24.8 Å². The van der Waals surface area contributed by atoms with Crippen LogP contribution in [0.25, 0.3) is 10.9 Å². The third kappa shape index (κ3) is 2.36. The molecule has 0 radical (unpaired) electrons. The van der Waals surface area contributed by atoms with E-state index >= 15 is 0 Å². The first-order valence-corrected chi connectivity index (χ1v) is 7.77. The van der Waals surface area contributed by atoms with Crippen molar-refractivity contribution in [3.63, 3.8) is 0 Å². The van der Waals surface area contributed by atoms with E-state index in [1.807, 2.05) is 25.1 Å². The van der Waals surface area contributed by atoms with Gasteiger partial charge in [-0.3, -0.25) is 9.78 Å². The molecule has 0 aliphatic carbocycles. The Hall–Kier alpha value is -2.76. The molecule has 1 N–H and O–H groups in total. The molecule has 2 aromatic heterocycles. The number of aromatic amines is 1. The summed E-state index contributed by atoms with van der Waals surface area (Å²) < 4.78 is 0. The second-order valence-corrected chi connectivity index (χ2v) is 5.79. The van der Waals surface area contributed by atoms with Crippen LogP contribution in [0.3, 0.4) is 0 Å². The quantitative estimate of drug-likeness (QED) is 0.786. The summed E-state index contributed by atoms with van der Waals surface area (Å²) in [5.41, 5.74) is 1.53. The van der Waals surface area contributed by atoms with E-state index in [9.17, 15) is 4.79 Å². The second kappa shape index (κ2) is 5.46. The molecule has 23 heavy (non-hydrogen) atoms. The Morgan fingerprint density at radius 1 is 1.22 bits per heavy atom. The minimum absolute atomic E-state index is 0.0303. The van der Waals surface area contributed by atoms with Crippen LogP contribution in [0.15, 0.2) is 41.5 Å². The topological polar surface area (TPSA) is 74.8 Å². The third-order valence-electron chi connectivity index (χ3n) is 4.33. The molecular formula is C17H17N5O. The van der Waals surface area contributed by atoms with Crippen LogP contribution in [0.5, 0.6) is 0 Å². The Kier molecular flexibility index (Phi) is 3.29. The Morgan fingerprint density at radius 2 is 2.04 bits per heavy atom. The zero-order valence-electron chi connectivity index (χ0n) is 12.9. The number of aromatic nitrogens is 4. The van der Waals surface area contributed by atoms with Crippen molar-refractivity contribution in [3.8, 4) is 0 Å². The zero-order chi connectivity index (χ0) is 15.8. The van der Waals surface area contributed by atoms with Crippen molar-refractivity contribution in [2.75, 3.05) is 11.4 Å². The summed E-state index contributed by atoms with van der Waals surface area (Å²) in [5.74, 6) is 1.57. The van der Waals surface area contributed by atoms with Gasteiger partial charge in [0.2, 0.25) is 0 Å². The van der Waals surface area contributed by atoms with E-state index in [0.717, 1.165) is 36.4 Å². The van der Waals surface area contributed by atoms with Crippen molar-refractivity contribution in [2.24, 2.45) is 0 Å². The maximum absolute atomic E-state index is 12.3. The lowest BCUT2D eigenvalue weighted by atomic mass is 10.2. The lowest BCUT2D eigenvalue weighted by molar-refractivity contribution is 0.658. The van der Waals surface area contributed by atoms with Crippen molar-refractivity contribution in [1.82, 2.24) is 19.9 Å². The second-order valence-electron chi connectivity index (χ2n) is 5.79. The average Bonchev–Trinajstić information content (AvgIpc) is 3.05. The summed E-state index contributed by atoms with van der Waals surface area (Å²) >= 11 is 0. The fraction of sp³-hybridized carbons (Fsp3) is 0.294. The molecule has 6 heteroatoms. The standard InChI is InChI=1S/C17H17N5O/c1-11-16(19-9-8-18-11)22-10-4-7-14(22)15-20-13-6-3-2-5-12(13)17(23)21-15/h2-3,5-6,8-9,14H,4,7,10H2,1H3,(H,20,21,23). The molecule has 1 saturated heterocycles. The molecule has 1 unspecified atom stereocenters. The smallest absolute Gasteiger partial charge is 0.258 e. The summed E-state index contributed by atoms with van der Waals surface area (Å²) in [7, 11) is 0. The molecule has 0 saturated carbocycles. The van der Waals surface area contributed by atoms with Crippen LogP contribution in [0, 0.1) is 6.92 Å². The highest BCUT2D eigenvalue weighted by Crippen LogP contribution is 2.34. The SMILES string of the molecule is Cc1nccnc1N1CCCC1c1nc2ccccc2c(=O)[nH]1. The number of nitrogens with one attached hydrogen (secondary N) is 1. The number of fused-ring (bicyclic) bond motifs is 1. The normalized spacial score (nSPS) is 17.8. The molecule has 4 rings (SSSR count). The number of aryl methyl sites for hydroxylation is 1. The van der Waals surface area contributed by atoms with Gasteiger partial charge in [-0.05, 0) is 31.9 Å². The van der Waals surface area contributed by atoms with E-state index in [-0.39, 0.29) is 11.6 Å². The molecule has 1 aromatic carbocycles. The Balaban J connectivity index is 1.80. The first-order chi connectivity index (χ1) is 11.2. The van der Waals surface area contributed by atoms with E-state index in [4.69, 9.17) is 0 Å². The van der Waals surface area contributed by atoms with Gasteiger partial charge in [0.05, 0.1) is 22.6 Å². The number of para-hydroxylation sites is 1. The number of nitrogens with zero attached hydrogens (tertiary/aromatic N) is 4. The first kappa shape index (κ1) is 13.9. The molecule has 116 valence electrons. The van der Waals surface area contributed by atoms with E-state index in [0.29, 0.717) is 11.2 Å². The fourth-order valence-electron chi connectivity index (χ4n) is 3.25.